The van der Waals surface area contributed by atoms with Crippen molar-refractivity contribution in [1.82, 2.24) is 0 Å². The van der Waals surface area contributed by atoms with Crippen molar-refractivity contribution >= 4 is 35.6 Å². The maximum atomic E-state index is 12.5. The average molecular weight is 478 g/mol. The summed E-state index contributed by atoms with van der Waals surface area (Å²) in [4.78, 5) is 79.1. The van der Waals surface area contributed by atoms with Crippen molar-refractivity contribution in [2.24, 2.45) is 0 Å². The number of esters is 3. The first-order chi connectivity index (χ1) is 15.4. The van der Waals surface area contributed by atoms with Crippen molar-refractivity contribution in [3.63, 3.8) is 0 Å². The highest BCUT2D eigenvalue weighted by Gasteiger charge is 2.41. The van der Waals surface area contributed by atoms with Gasteiger partial charge >= 0.3 is 29.8 Å². The van der Waals surface area contributed by atoms with Gasteiger partial charge in [-0.3, -0.25) is 14.4 Å². The molecule has 0 saturated heterocycles. The Morgan fingerprint density at radius 1 is 0.848 bits per heavy atom. The lowest BCUT2D eigenvalue weighted by Crippen LogP contribution is -2.45. The van der Waals surface area contributed by atoms with Gasteiger partial charge in [-0.2, -0.15) is 0 Å². The van der Waals surface area contributed by atoms with E-state index in [1.54, 1.807) is 6.92 Å². The molecule has 0 heterocycles. The second kappa shape index (κ2) is 14.7. The third-order valence-electron chi connectivity index (χ3n) is 3.50. The lowest BCUT2D eigenvalue weighted by Gasteiger charge is -2.27. The predicted molar refractivity (Wildman–Crippen MR) is 102 cm³/mol. The van der Waals surface area contributed by atoms with E-state index in [9.17, 15) is 39.0 Å². The first-order valence-corrected chi connectivity index (χ1v) is 9.62. The number of aliphatic hydroxyl groups excluding tert-OH is 3. The van der Waals surface area contributed by atoms with Crippen LogP contribution in [0.25, 0.3) is 0 Å². The molecule has 0 amide bonds. The van der Waals surface area contributed by atoms with Gasteiger partial charge < -0.3 is 29.5 Å². The zero-order chi connectivity index (χ0) is 25.7. The van der Waals surface area contributed by atoms with Gasteiger partial charge in [0, 0.05) is 26.7 Å². The number of carbonyl (C=O) groups excluding carboxylic acids is 6. The fraction of sp³-hybridized carbons (Fsp3) is 0.579. The molecule has 0 radical (unpaired) electrons. The molecule has 0 fully saturated rings. The summed E-state index contributed by atoms with van der Waals surface area (Å²) >= 11 is 0. The van der Waals surface area contributed by atoms with Gasteiger partial charge in [-0.25, -0.2) is 24.2 Å². The second-order valence-electron chi connectivity index (χ2n) is 6.31. The van der Waals surface area contributed by atoms with Crippen molar-refractivity contribution in [3.05, 3.63) is 11.5 Å². The number of Topliss-reactive ketones (excluding diaryl/α,β-unsaturated/α-hetero) is 1. The standard InChI is InChI=1S/C19H26O14/c1-5-7-13(25)30-17(19(28)33-32-12(24)6-2)16(29-10(4)22)15(14(26)11(23)8-20)31-18(27)9(3)21/h11,14-15,20,23,26H,5-8H2,1-4H3/b17-16+. The molecule has 0 aromatic carbocycles. The van der Waals surface area contributed by atoms with Gasteiger partial charge in [0.15, 0.2) is 6.10 Å². The van der Waals surface area contributed by atoms with Crippen LogP contribution in [0.5, 0.6) is 0 Å². The van der Waals surface area contributed by atoms with Crippen LogP contribution in [0.3, 0.4) is 0 Å². The van der Waals surface area contributed by atoms with Crippen LogP contribution in [0.15, 0.2) is 11.5 Å². The molecule has 3 atom stereocenters. The van der Waals surface area contributed by atoms with Gasteiger partial charge in [0.2, 0.25) is 11.5 Å². The number of rotatable bonds is 12. The Balaban J connectivity index is 6.74. The first kappa shape index (κ1) is 29.6. The van der Waals surface area contributed by atoms with E-state index < -0.39 is 72.1 Å². The zero-order valence-corrected chi connectivity index (χ0v) is 18.4. The van der Waals surface area contributed by atoms with Gasteiger partial charge in [0.25, 0.3) is 5.76 Å². The highest BCUT2D eigenvalue weighted by Crippen LogP contribution is 2.23. The molecule has 0 aromatic heterocycles. The minimum Gasteiger partial charge on any atom is -0.445 e. The monoisotopic (exact) mass is 478 g/mol. The Morgan fingerprint density at radius 3 is 1.91 bits per heavy atom. The van der Waals surface area contributed by atoms with E-state index in [2.05, 4.69) is 9.78 Å². The van der Waals surface area contributed by atoms with Crippen LogP contribution in [0.2, 0.25) is 0 Å². The molecule has 0 rings (SSSR count). The summed E-state index contributed by atoms with van der Waals surface area (Å²) in [5.74, 6) is -10.3. The highest BCUT2D eigenvalue weighted by atomic mass is 17.2. The molecule has 186 valence electrons. The van der Waals surface area contributed by atoms with Gasteiger partial charge in [-0.1, -0.05) is 13.8 Å². The first-order valence-electron chi connectivity index (χ1n) is 9.62. The normalized spacial score (nSPS) is 14.0. The Morgan fingerprint density at radius 2 is 1.45 bits per heavy atom. The summed E-state index contributed by atoms with van der Waals surface area (Å²) in [6.45, 7) is 3.43. The van der Waals surface area contributed by atoms with E-state index in [0.717, 1.165) is 13.8 Å². The number of carbonyl (C=O) groups is 6. The minimum atomic E-state index is -2.34. The molecular formula is C19H26O14. The Kier molecular flexibility index (Phi) is 13.2. The summed E-state index contributed by atoms with van der Waals surface area (Å²) in [6.07, 6.45) is -6.95. The number of hydrogen-bond donors (Lipinski definition) is 3. The Labute approximate surface area is 187 Å². The summed E-state index contributed by atoms with van der Waals surface area (Å²) < 4.78 is 14.3. The lowest BCUT2D eigenvalue weighted by molar-refractivity contribution is -0.258. The van der Waals surface area contributed by atoms with Crippen molar-refractivity contribution in [2.75, 3.05) is 6.61 Å². The molecule has 0 bridgehead atoms. The number of ketones is 1. The molecule has 0 aliphatic rings. The SMILES string of the molecule is CCCC(=O)O/C(C(=O)OOC(=O)CC)=C(/OC(C)=O)C(OC(=O)C(C)=O)C(O)C(O)CO. The zero-order valence-electron chi connectivity index (χ0n) is 18.4. The van der Waals surface area contributed by atoms with Crippen LogP contribution in [0, 0.1) is 0 Å². The van der Waals surface area contributed by atoms with Crippen molar-refractivity contribution < 1.29 is 68.1 Å². The third-order valence-corrected chi connectivity index (χ3v) is 3.50. The van der Waals surface area contributed by atoms with Crippen LogP contribution in [0.4, 0.5) is 0 Å². The fourth-order valence-electron chi connectivity index (χ4n) is 1.92. The quantitative estimate of drug-likeness (QED) is 0.0568. The van der Waals surface area contributed by atoms with Gasteiger partial charge in [0.1, 0.15) is 12.2 Å². The molecule has 33 heavy (non-hydrogen) atoms. The van der Waals surface area contributed by atoms with Crippen molar-refractivity contribution in [3.8, 4) is 0 Å². The van der Waals surface area contributed by atoms with E-state index in [0.29, 0.717) is 0 Å². The molecule has 3 unspecified atom stereocenters. The van der Waals surface area contributed by atoms with Crippen molar-refractivity contribution in [1.29, 1.82) is 0 Å². The topological polar surface area (TPSA) is 209 Å². The molecule has 0 aliphatic heterocycles. The Bertz CT molecular complexity index is 783. The van der Waals surface area contributed by atoms with Crippen LogP contribution in [0.1, 0.15) is 47.0 Å². The van der Waals surface area contributed by atoms with E-state index >= 15 is 0 Å². The fourth-order valence-corrected chi connectivity index (χ4v) is 1.92. The van der Waals surface area contributed by atoms with E-state index in [1.807, 2.05) is 0 Å². The van der Waals surface area contributed by atoms with E-state index in [-0.39, 0.29) is 19.3 Å². The highest BCUT2D eigenvalue weighted by molar-refractivity contribution is 6.32. The van der Waals surface area contributed by atoms with Crippen LogP contribution < -0.4 is 0 Å². The smallest absolute Gasteiger partial charge is 0.425 e. The summed E-state index contributed by atoms with van der Waals surface area (Å²) in [7, 11) is 0. The summed E-state index contributed by atoms with van der Waals surface area (Å²) in [5.41, 5.74) is 0. The maximum absolute atomic E-state index is 12.5. The average Bonchev–Trinajstić information content (AvgIpc) is 2.76. The van der Waals surface area contributed by atoms with Crippen LogP contribution in [-0.2, 0) is 52.8 Å². The molecule has 0 spiro atoms. The molecule has 3 N–H and O–H groups in total. The largest absolute Gasteiger partial charge is 0.445 e. The minimum absolute atomic E-state index is 0.223. The molecule has 0 aromatic rings. The van der Waals surface area contributed by atoms with Crippen molar-refractivity contribution in [2.45, 2.75) is 65.3 Å². The van der Waals surface area contributed by atoms with Crippen LogP contribution in [-0.4, -0.2) is 75.9 Å². The number of hydrogen-bond acceptors (Lipinski definition) is 14. The summed E-state index contributed by atoms with van der Waals surface area (Å²) in [5, 5.41) is 29.2. The second-order valence-corrected chi connectivity index (χ2v) is 6.31. The molecule has 14 nitrogen and oxygen atoms in total. The summed E-state index contributed by atoms with van der Waals surface area (Å²) in [6, 6.07) is 0. The number of aliphatic hydroxyl groups is 3. The predicted octanol–water partition coefficient (Wildman–Crippen LogP) is -1.27. The van der Waals surface area contributed by atoms with Gasteiger partial charge in [0.05, 0.1) is 6.61 Å². The van der Waals surface area contributed by atoms with Gasteiger partial charge in [-0.15, -0.1) is 0 Å². The number of ether oxygens (including phenoxy) is 3. The Hall–Kier alpha value is -3.36. The molecule has 0 aliphatic carbocycles. The maximum Gasteiger partial charge on any atom is 0.425 e. The molecule has 0 saturated carbocycles. The van der Waals surface area contributed by atoms with Gasteiger partial charge in [-0.05, 0) is 6.42 Å². The van der Waals surface area contributed by atoms with E-state index in [4.69, 9.17) is 19.3 Å². The molecular weight excluding hydrogens is 452 g/mol. The molecule has 14 heteroatoms. The van der Waals surface area contributed by atoms with Crippen LogP contribution >= 0.6 is 0 Å². The lowest BCUT2D eigenvalue weighted by atomic mass is 10.1. The third kappa shape index (κ3) is 10.2. The van der Waals surface area contributed by atoms with E-state index in [1.165, 1.54) is 6.92 Å².